The zero-order chi connectivity index (χ0) is 3.58. The predicted octanol–water partition coefficient (Wildman–Crippen LogP) is 0.588. The standard InChI is InChI=1S/C2H6N.BrH.W/c1-3-2;;/h1-2H3;1H;/q-1;;+1. The van der Waals surface area contributed by atoms with Crippen LogP contribution in [0.5, 0.6) is 0 Å². The van der Waals surface area contributed by atoms with Crippen LogP contribution in [0.2, 0.25) is 0 Å². The van der Waals surface area contributed by atoms with Crippen LogP contribution in [-0.4, -0.2) is 17.6 Å². The fraction of sp³-hybridized carbons (Fsp3) is 1.00. The molecule has 0 amide bonds. The van der Waals surface area contributed by atoms with Crippen molar-refractivity contribution < 1.29 is 20.1 Å². The number of hydrogen-bond donors (Lipinski definition) is 0. The average Bonchev–Trinajstić information content (AvgIpc) is 0.811. The molecule has 0 saturated heterocycles. The van der Waals surface area contributed by atoms with Crippen LogP contribution in [0.3, 0.4) is 0 Å². The van der Waals surface area contributed by atoms with E-state index in [2.05, 4.69) is 3.46 Å². The summed E-state index contributed by atoms with van der Waals surface area (Å²) in [6.07, 6.45) is 0. The zero-order valence-corrected chi connectivity index (χ0v) is 7.91. The maximum atomic E-state index is 2.08. The van der Waals surface area contributed by atoms with Crippen molar-refractivity contribution in [2.24, 2.45) is 0 Å². The van der Waals surface area contributed by atoms with E-state index >= 15 is 0 Å². The quantitative estimate of drug-likeness (QED) is 0.633. The molecule has 0 atom stereocenters. The Morgan fingerprint density at radius 1 is 1.40 bits per heavy atom. The second kappa shape index (κ2) is 5.13. The van der Waals surface area contributed by atoms with Crippen LogP contribution < -0.4 is 0 Å². The fourth-order valence-corrected chi connectivity index (χ4v) is 0. The Morgan fingerprint density at radius 2 is 1.40 bits per heavy atom. The van der Waals surface area contributed by atoms with Crippen LogP contribution in [0, 0.1) is 0 Å². The van der Waals surface area contributed by atoms with Crippen molar-refractivity contribution in [2.75, 3.05) is 14.1 Å². The van der Waals surface area contributed by atoms with Gasteiger partial charge in [0.1, 0.15) is 0 Å². The zero-order valence-electron chi connectivity index (χ0n) is 3.26. The molecular weight excluding hydrogens is 302 g/mol. The van der Waals surface area contributed by atoms with Crippen molar-refractivity contribution >= 4 is 17.0 Å². The van der Waals surface area contributed by atoms with E-state index in [1.165, 1.54) is 20.1 Å². The SMILES string of the molecule is Br.C[N](C)[W]. The van der Waals surface area contributed by atoms with Gasteiger partial charge in [0.25, 0.3) is 0 Å². The van der Waals surface area contributed by atoms with Gasteiger partial charge in [-0.05, 0) is 0 Å². The molecule has 0 radical (unpaired) electrons. The van der Waals surface area contributed by atoms with E-state index in [1.54, 1.807) is 0 Å². The third-order valence-electron chi connectivity index (χ3n) is 0. The van der Waals surface area contributed by atoms with Gasteiger partial charge in [-0.15, -0.1) is 17.0 Å². The average molecular weight is 309 g/mol. The Bertz CT molecular complexity index is 14.4. The van der Waals surface area contributed by atoms with Gasteiger partial charge in [-0.3, -0.25) is 0 Å². The molecule has 5 heavy (non-hydrogen) atoms. The molecule has 0 heterocycles. The first kappa shape index (κ1) is 9.46. The molecule has 0 rings (SSSR count). The summed E-state index contributed by atoms with van der Waals surface area (Å²) in [4.78, 5) is 0. The fourth-order valence-electron chi connectivity index (χ4n) is 0. The van der Waals surface area contributed by atoms with E-state index in [0.717, 1.165) is 0 Å². The summed E-state index contributed by atoms with van der Waals surface area (Å²) in [7, 11) is 4.07. The maximum absolute atomic E-state index is 2.08. The van der Waals surface area contributed by atoms with Gasteiger partial charge < -0.3 is 0 Å². The summed E-state index contributed by atoms with van der Waals surface area (Å²) in [6.45, 7) is 0. The second-order valence-electron chi connectivity index (χ2n) is 0.812. The molecule has 33 valence electrons. The molecule has 0 aliphatic rings. The van der Waals surface area contributed by atoms with Crippen molar-refractivity contribution in [1.82, 2.24) is 3.46 Å². The second-order valence-corrected chi connectivity index (χ2v) is 3.44. The first-order valence-electron chi connectivity index (χ1n) is 1.08. The van der Waals surface area contributed by atoms with Crippen LogP contribution >= 0.6 is 17.0 Å². The number of rotatable bonds is 0. The summed E-state index contributed by atoms with van der Waals surface area (Å²) in [6, 6.07) is 0. The van der Waals surface area contributed by atoms with Crippen molar-refractivity contribution in [3.63, 3.8) is 0 Å². The molecule has 0 aromatic carbocycles. The first-order chi connectivity index (χ1) is 1.73. The van der Waals surface area contributed by atoms with Crippen molar-refractivity contribution in [3.05, 3.63) is 0 Å². The van der Waals surface area contributed by atoms with Crippen molar-refractivity contribution in [1.29, 1.82) is 0 Å². The molecule has 0 bridgehead atoms. The van der Waals surface area contributed by atoms with Crippen LogP contribution in [-0.2, 0) is 20.1 Å². The van der Waals surface area contributed by atoms with E-state index in [-0.39, 0.29) is 17.0 Å². The van der Waals surface area contributed by atoms with Gasteiger partial charge in [-0.25, -0.2) is 0 Å². The molecule has 0 fully saturated rings. The monoisotopic (exact) mass is 308 g/mol. The third kappa shape index (κ3) is 39.4. The van der Waals surface area contributed by atoms with E-state index in [9.17, 15) is 0 Å². The molecule has 0 aromatic heterocycles. The summed E-state index contributed by atoms with van der Waals surface area (Å²) >= 11 is 1.51. The van der Waals surface area contributed by atoms with Gasteiger partial charge in [0.05, 0.1) is 0 Å². The number of halogens is 1. The summed E-state index contributed by atoms with van der Waals surface area (Å²) in [5, 5.41) is 0. The molecule has 0 aromatic rings. The van der Waals surface area contributed by atoms with Gasteiger partial charge in [0.2, 0.25) is 0 Å². The minimum absolute atomic E-state index is 0. The predicted molar refractivity (Wildman–Crippen MR) is 24.0 cm³/mol. The third-order valence-corrected chi connectivity index (χ3v) is 0. The Labute approximate surface area is 54.7 Å². The van der Waals surface area contributed by atoms with Crippen LogP contribution in [0.4, 0.5) is 0 Å². The van der Waals surface area contributed by atoms with Crippen molar-refractivity contribution in [3.8, 4) is 0 Å². The molecular formula is C2H7BrNW. The Kier molecular flexibility index (Phi) is 9.70. The minimum atomic E-state index is 0. The molecule has 0 spiro atoms. The topological polar surface area (TPSA) is 3.24 Å². The Hall–Kier alpha value is 1.13. The van der Waals surface area contributed by atoms with Gasteiger partial charge in [0, 0.05) is 0 Å². The number of hydrogen-bond acceptors (Lipinski definition) is 1. The molecule has 1 nitrogen and oxygen atoms in total. The van der Waals surface area contributed by atoms with E-state index in [0.29, 0.717) is 0 Å². The first-order valence-corrected chi connectivity index (χ1v) is 2.39. The van der Waals surface area contributed by atoms with Crippen LogP contribution in [0.1, 0.15) is 0 Å². The van der Waals surface area contributed by atoms with Crippen LogP contribution in [0.15, 0.2) is 0 Å². The van der Waals surface area contributed by atoms with E-state index in [4.69, 9.17) is 0 Å². The molecule has 0 unspecified atom stereocenters. The summed E-state index contributed by atoms with van der Waals surface area (Å²) in [5.41, 5.74) is 0. The molecule has 3 heteroatoms. The number of nitrogens with zero attached hydrogens (tertiary/aromatic N) is 1. The summed E-state index contributed by atoms with van der Waals surface area (Å²) in [5.74, 6) is 0. The molecule has 0 saturated carbocycles. The molecule has 0 N–H and O–H groups in total. The van der Waals surface area contributed by atoms with E-state index < -0.39 is 0 Å². The van der Waals surface area contributed by atoms with Crippen LogP contribution in [0.25, 0.3) is 0 Å². The Balaban J connectivity index is 0. The van der Waals surface area contributed by atoms with Gasteiger partial charge in [-0.2, -0.15) is 0 Å². The van der Waals surface area contributed by atoms with Crippen molar-refractivity contribution in [2.45, 2.75) is 0 Å². The Morgan fingerprint density at radius 3 is 1.40 bits per heavy atom. The molecule has 0 aliphatic heterocycles. The normalized spacial score (nSPS) is 7.00. The summed E-state index contributed by atoms with van der Waals surface area (Å²) < 4.78 is 2.08. The van der Waals surface area contributed by atoms with E-state index in [1.807, 2.05) is 14.1 Å². The van der Waals surface area contributed by atoms with Gasteiger partial charge in [0.15, 0.2) is 0 Å². The van der Waals surface area contributed by atoms with Gasteiger partial charge >= 0.3 is 37.6 Å². The van der Waals surface area contributed by atoms with Gasteiger partial charge in [-0.1, -0.05) is 0 Å². The molecule has 0 aliphatic carbocycles.